The van der Waals surface area contributed by atoms with Crippen LogP contribution in [0.15, 0.2) is 72.8 Å². The van der Waals surface area contributed by atoms with Crippen molar-refractivity contribution < 1.29 is 14.3 Å². The number of para-hydroxylation sites is 4. The monoisotopic (exact) mass is 412 g/mol. The number of amides is 2. The van der Waals surface area contributed by atoms with Crippen LogP contribution in [-0.4, -0.2) is 34.4 Å². The molecule has 2 heterocycles. The van der Waals surface area contributed by atoms with Crippen LogP contribution < -0.4 is 15.0 Å². The predicted molar refractivity (Wildman–Crippen MR) is 119 cm³/mol. The number of ether oxygens (including phenoxy) is 1. The summed E-state index contributed by atoms with van der Waals surface area (Å²) in [5.74, 6) is 0.841. The van der Waals surface area contributed by atoms with E-state index in [0.717, 1.165) is 22.4 Å². The predicted octanol–water partition coefficient (Wildman–Crippen LogP) is 3.98. The van der Waals surface area contributed by atoms with Gasteiger partial charge in [-0.05, 0) is 48.5 Å². The largest absolute Gasteiger partial charge is 0.476 e. The molecule has 1 aromatic heterocycles. The van der Waals surface area contributed by atoms with Gasteiger partial charge in [-0.25, -0.2) is 4.98 Å². The lowest BCUT2D eigenvalue weighted by atomic mass is 10.1. The summed E-state index contributed by atoms with van der Waals surface area (Å²) < 4.78 is 5.85. The highest BCUT2D eigenvalue weighted by Gasteiger charge is 2.32. The molecule has 7 heteroatoms. The first-order valence-electron chi connectivity index (χ1n) is 9.98. The molecule has 31 heavy (non-hydrogen) atoms. The number of hydrogen-bond donors (Lipinski definition) is 2. The van der Waals surface area contributed by atoms with Gasteiger partial charge in [-0.1, -0.05) is 24.3 Å². The maximum atomic E-state index is 12.8. The lowest BCUT2D eigenvalue weighted by Crippen LogP contribution is -2.48. The summed E-state index contributed by atoms with van der Waals surface area (Å²) in [5.41, 5.74) is 4.11. The summed E-state index contributed by atoms with van der Waals surface area (Å²) in [6, 6.07) is 22.5. The Hall–Kier alpha value is -4.13. The van der Waals surface area contributed by atoms with Crippen molar-refractivity contribution in [1.82, 2.24) is 9.97 Å². The third-order valence-electron chi connectivity index (χ3n) is 5.26. The number of rotatable bonds is 3. The Bertz CT molecular complexity index is 1250. The Kier molecular flexibility index (Phi) is 4.63. The third-order valence-corrected chi connectivity index (χ3v) is 5.26. The molecule has 0 bridgehead atoms. The number of hydrogen-bond acceptors (Lipinski definition) is 4. The Labute approximate surface area is 178 Å². The fraction of sp³-hybridized carbons (Fsp3) is 0.125. The zero-order valence-electron chi connectivity index (χ0n) is 16.8. The molecule has 3 aromatic carbocycles. The first-order valence-corrected chi connectivity index (χ1v) is 9.98. The summed E-state index contributed by atoms with van der Waals surface area (Å²) in [6.45, 7) is 1.64. The van der Waals surface area contributed by atoms with E-state index in [1.165, 1.54) is 6.92 Å². The molecule has 2 amide bonds. The number of nitrogens with zero attached hydrogens (tertiary/aromatic N) is 2. The second kappa shape index (κ2) is 7.60. The topological polar surface area (TPSA) is 87.3 Å². The second-order valence-electron chi connectivity index (χ2n) is 7.37. The number of imidazole rings is 1. The number of benzene rings is 3. The van der Waals surface area contributed by atoms with E-state index in [0.29, 0.717) is 17.1 Å². The van der Waals surface area contributed by atoms with Gasteiger partial charge in [-0.3, -0.25) is 9.59 Å². The van der Waals surface area contributed by atoms with Gasteiger partial charge in [0.2, 0.25) is 5.91 Å². The number of fused-ring (bicyclic) bond motifs is 2. The second-order valence-corrected chi connectivity index (χ2v) is 7.37. The van der Waals surface area contributed by atoms with Gasteiger partial charge in [0.25, 0.3) is 5.91 Å². The van der Waals surface area contributed by atoms with E-state index in [4.69, 9.17) is 4.74 Å². The zero-order chi connectivity index (χ0) is 21.4. The molecule has 1 aliphatic heterocycles. The maximum Gasteiger partial charge on any atom is 0.267 e. The van der Waals surface area contributed by atoms with Crippen molar-refractivity contribution in [3.63, 3.8) is 0 Å². The van der Waals surface area contributed by atoms with E-state index >= 15 is 0 Å². The molecule has 0 spiro atoms. The third kappa shape index (κ3) is 3.61. The molecule has 154 valence electrons. The summed E-state index contributed by atoms with van der Waals surface area (Å²) in [5, 5.41) is 2.87. The van der Waals surface area contributed by atoms with E-state index in [9.17, 15) is 9.59 Å². The molecule has 0 saturated heterocycles. The van der Waals surface area contributed by atoms with Crippen LogP contribution in [0.25, 0.3) is 22.4 Å². The molecule has 2 N–H and O–H groups in total. The highest BCUT2D eigenvalue weighted by Crippen LogP contribution is 2.33. The molecule has 0 unspecified atom stereocenters. The Morgan fingerprint density at radius 2 is 1.77 bits per heavy atom. The molecule has 0 saturated carbocycles. The minimum atomic E-state index is -0.797. The molecular weight excluding hydrogens is 392 g/mol. The number of anilines is 2. The molecule has 0 radical (unpaired) electrons. The average Bonchev–Trinajstić information content (AvgIpc) is 3.23. The Morgan fingerprint density at radius 3 is 2.55 bits per heavy atom. The molecule has 4 aromatic rings. The summed E-state index contributed by atoms with van der Waals surface area (Å²) >= 11 is 0. The number of carbonyl (C=O) groups excluding carboxylic acids is 2. The molecule has 0 fully saturated rings. The molecule has 7 nitrogen and oxygen atoms in total. The van der Waals surface area contributed by atoms with Gasteiger partial charge in [0.1, 0.15) is 11.6 Å². The highest BCUT2D eigenvalue weighted by molar-refractivity contribution is 5.99. The molecule has 5 rings (SSSR count). The van der Waals surface area contributed by atoms with Crippen LogP contribution >= 0.6 is 0 Å². The number of aromatic amines is 1. The van der Waals surface area contributed by atoms with E-state index < -0.39 is 6.10 Å². The van der Waals surface area contributed by atoms with Crippen molar-refractivity contribution in [2.75, 3.05) is 16.8 Å². The van der Waals surface area contributed by atoms with Gasteiger partial charge in [0.05, 0.1) is 23.3 Å². The first kappa shape index (κ1) is 18.9. The van der Waals surface area contributed by atoms with E-state index in [2.05, 4.69) is 15.3 Å². The molecule has 0 aliphatic carbocycles. The molecule has 1 atom stereocenters. The number of aromatic nitrogens is 2. The Morgan fingerprint density at radius 1 is 1.03 bits per heavy atom. The van der Waals surface area contributed by atoms with Crippen LogP contribution in [0.3, 0.4) is 0 Å². The van der Waals surface area contributed by atoms with Crippen molar-refractivity contribution in [2.24, 2.45) is 0 Å². The van der Waals surface area contributed by atoms with Crippen LogP contribution in [0.5, 0.6) is 5.75 Å². The van der Waals surface area contributed by atoms with Crippen LogP contribution in [0.4, 0.5) is 11.4 Å². The minimum absolute atomic E-state index is 0.135. The fourth-order valence-electron chi connectivity index (χ4n) is 3.69. The molecular formula is C24H20N4O3. The highest BCUT2D eigenvalue weighted by atomic mass is 16.5. The van der Waals surface area contributed by atoms with Crippen LogP contribution in [0, 0.1) is 0 Å². The SMILES string of the molecule is CC(=O)N1C[C@@H](C(=O)Nc2ccc(-c3nc4ccccc4[nH]3)cc2)Oc2ccccc21. The lowest BCUT2D eigenvalue weighted by molar-refractivity contribution is -0.123. The van der Waals surface area contributed by atoms with Crippen molar-refractivity contribution in [3.05, 3.63) is 72.8 Å². The van der Waals surface area contributed by atoms with Crippen LogP contribution in [-0.2, 0) is 9.59 Å². The van der Waals surface area contributed by atoms with Crippen molar-refractivity contribution in [2.45, 2.75) is 13.0 Å². The van der Waals surface area contributed by atoms with Crippen LogP contribution in [0.2, 0.25) is 0 Å². The first-order chi connectivity index (χ1) is 15.1. The maximum absolute atomic E-state index is 12.8. The number of carbonyl (C=O) groups is 2. The number of H-pyrrole nitrogens is 1. The van der Waals surface area contributed by atoms with E-state index in [1.807, 2.05) is 66.7 Å². The summed E-state index contributed by atoms with van der Waals surface area (Å²) in [6.07, 6.45) is -0.797. The van der Waals surface area contributed by atoms with Crippen molar-refractivity contribution in [1.29, 1.82) is 0 Å². The summed E-state index contributed by atoms with van der Waals surface area (Å²) in [7, 11) is 0. The standard InChI is InChI=1S/C24H20N4O3/c1-15(29)28-14-22(31-21-9-5-4-8-20(21)28)24(30)25-17-12-10-16(11-13-17)23-26-18-6-2-3-7-19(18)27-23/h2-13,22H,14H2,1H3,(H,25,30)(H,26,27)/t22-/m0/s1. The van der Waals surface area contributed by atoms with Crippen LogP contribution in [0.1, 0.15) is 6.92 Å². The van der Waals surface area contributed by atoms with Gasteiger partial charge >= 0.3 is 0 Å². The van der Waals surface area contributed by atoms with Gasteiger partial charge in [-0.15, -0.1) is 0 Å². The normalized spacial score (nSPS) is 15.3. The summed E-state index contributed by atoms with van der Waals surface area (Å²) in [4.78, 5) is 34.3. The zero-order valence-corrected chi connectivity index (χ0v) is 16.8. The van der Waals surface area contributed by atoms with Gasteiger partial charge < -0.3 is 19.9 Å². The van der Waals surface area contributed by atoms with Gasteiger partial charge in [-0.2, -0.15) is 0 Å². The quantitative estimate of drug-likeness (QED) is 0.533. The smallest absolute Gasteiger partial charge is 0.267 e. The van der Waals surface area contributed by atoms with Crippen molar-refractivity contribution >= 4 is 34.2 Å². The lowest BCUT2D eigenvalue weighted by Gasteiger charge is -2.33. The van der Waals surface area contributed by atoms with E-state index in [-0.39, 0.29) is 18.4 Å². The van der Waals surface area contributed by atoms with Crippen molar-refractivity contribution in [3.8, 4) is 17.1 Å². The van der Waals surface area contributed by atoms with Gasteiger partial charge in [0, 0.05) is 18.2 Å². The van der Waals surface area contributed by atoms with E-state index in [1.54, 1.807) is 11.0 Å². The minimum Gasteiger partial charge on any atom is -0.476 e. The number of nitrogens with one attached hydrogen (secondary N) is 2. The fourth-order valence-corrected chi connectivity index (χ4v) is 3.69. The molecule has 1 aliphatic rings. The Balaban J connectivity index is 1.32. The average molecular weight is 412 g/mol. The van der Waals surface area contributed by atoms with Gasteiger partial charge in [0.15, 0.2) is 6.10 Å².